The fourth-order valence-corrected chi connectivity index (χ4v) is 1.43. The number of amides is 1. The molecule has 0 heterocycles. The number of rotatable bonds is 5. The smallest absolute Gasteiger partial charge is 0.372 e. The first-order valence-electron chi connectivity index (χ1n) is 5.06. The molecule has 0 unspecified atom stereocenters. The molecule has 4 nitrogen and oxygen atoms in total. The van der Waals surface area contributed by atoms with Crippen LogP contribution in [0.4, 0.5) is 13.2 Å². The van der Waals surface area contributed by atoms with Crippen LogP contribution in [0.2, 0.25) is 0 Å². The van der Waals surface area contributed by atoms with Crippen LogP contribution in [-0.4, -0.2) is 37.4 Å². The van der Waals surface area contributed by atoms with E-state index < -0.39 is 12.8 Å². The van der Waals surface area contributed by atoms with E-state index in [2.05, 4.69) is 10.1 Å². The van der Waals surface area contributed by atoms with Crippen LogP contribution in [0.3, 0.4) is 0 Å². The van der Waals surface area contributed by atoms with E-state index in [-0.39, 0.29) is 31.0 Å². The van der Waals surface area contributed by atoms with Crippen LogP contribution in [0.5, 0.6) is 0 Å². The Labute approximate surface area is 91.3 Å². The van der Waals surface area contributed by atoms with Gasteiger partial charge < -0.3 is 15.8 Å². The molecule has 0 atom stereocenters. The molecule has 1 aliphatic carbocycles. The second kappa shape index (κ2) is 5.49. The SMILES string of the molecule is NC1CC(NC(=O)CCOCC(F)(F)F)C1. The van der Waals surface area contributed by atoms with Crippen molar-refractivity contribution in [3.05, 3.63) is 0 Å². The van der Waals surface area contributed by atoms with Crippen molar-refractivity contribution < 1.29 is 22.7 Å². The van der Waals surface area contributed by atoms with Gasteiger partial charge in [-0.15, -0.1) is 0 Å². The van der Waals surface area contributed by atoms with E-state index in [1.54, 1.807) is 0 Å². The van der Waals surface area contributed by atoms with Crippen LogP contribution in [0.1, 0.15) is 19.3 Å². The van der Waals surface area contributed by atoms with Crippen molar-refractivity contribution in [3.63, 3.8) is 0 Å². The van der Waals surface area contributed by atoms with Gasteiger partial charge in [-0.3, -0.25) is 4.79 Å². The van der Waals surface area contributed by atoms with E-state index in [0.717, 1.165) is 12.8 Å². The number of hydrogen-bond acceptors (Lipinski definition) is 3. The van der Waals surface area contributed by atoms with Crippen molar-refractivity contribution in [2.24, 2.45) is 5.73 Å². The number of hydrogen-bond donors (Lipinski definition) is 2. The highest BCUT2D eigenvalue weighted by Gasteiger charge is 2.28. The van der Waals surface area contributed by atoms with Gasteiger partial charge >= 0.3 is 6.18 Å². The average Bonchev–Trinajstić information content (AvgIpc) is 2.08. The lowest BCUT2D eigenvalue weighted by Gasteiger charge is -2.32. The maximum Gasteiger partial charge on any atom is 0.411 e. The van der Waals surface area contributed by atoms with E-state index >= 15 is 0 Å². The standard InChI is InChI=1S/C9H15F3N2O2/c10-9(11,12)5-16-2-1-8(15)14-7-3-6(13)4-7/h6-7H,1-5,13H2,(H,14,15). The molecule has 3 N–H and O–H groups in total. The molecule has 0 radical (unpaired) electrons. The Morgan fingerprint density at radius 3 is 2.56 bits per heavy atom. The van der Waals surface area contributed by atoms with Crippen molar-refractivity contribution in [1.82, 2.24) is 5.32 Å². The normalized spacial score (nSPS) is 25.0. The van der Waals surface area contributed by atoms with Crippen LogP contribution in [0, 0.1) is 0 Å². The number of ether oxygens (including phenoxy) is 1. The van der Waals surface area contributed by atoms with E-state index in [4.69, 9.17) is 5.73 Å². The number of alkyl halides is 3. The molecule has 0 bridgehead atoms. The summed E-state index contributed by atoms with van der Waals surface area (Å²) in [5, 5.41) is 2.66. The lowest BCUT2D eigenvalue weighted by atomic mass is 9.87. The lowest BCUT2D eigenvalue weighted by molar-refractivity contribution is -0.174. The van der Waals surface area contributed by atoms with Crippen molar-refractivity contribution in [1.29, 1.82) is 0 Å². The quantitative estimate of drug-likeness (QED) is 0.690. The highest BCUT2D eigenvalue weighted by Crippen LogP contribution is 2.17. The molecule has 1 rings (SSSR count). The van der Waals surface area contributed by atoms with E-state index in [1.807, 2.05) is 0 Å². The molecule has 0 aromatic rings. The first-order valence-corrected chi connectivity index (χ1v) is 5.06. The highest BCUT2D eigenvalue weighted by molar-refractivity contribution is 5.76. The first-order chi connectivity index (χ1) is 7.37. The zero-order chi connectivity index (χ0) is 12.2. The molecular formula is C9H15F3N2O2. The maximum atomic E-state index is 11.7. The van der Waals surface area contributed by atoms with Crippen LogP contribution < -0.4 is 11.1 Å². The molecule has 1 aliphatic rings. The van der Waals surface area contributed by atoms with Gasteiger partial charge in [-0.2, -0.15) is 13.2 Å². The zero-order valence-electron chi connectivity index (χ0n) is 8.72. The van der Waals surface area contributed by atoms with Gasteiger partial charge in [0.25, 0.3) is 0 Å². The predicted octanol–water partition coefficient (Wildman–Crippen LogP) is 0.561. The summed E-state index contributed by atoms with van der Waals surface area (Å²) < 4.78 is 39.3. The summed E-state index contributed by atoms with van der Waals surface area (Å²) in [6.45, 7) is -1.53. The largest absolute Gasteiger partial charge is 0.411 e. The van der Waals surface area contributed by atoms with Gasteiger partial charge in [0.2, 0.25) is 5.91 Å². The molecule has 1 saturated carbocycles. The Bertz CT molecular complexity index is 239. The molecule has 0 saturated heterocycles. The summed E-state index contributed by atoms with van der Waals surface area (Å²) in [6.07, 6.45) is -2.93. The van der Waals surface area contributed by atoms with Gasteiger partial charge in [-0.05, 0) is 12.8 Å². The van der Waals surface area contributed by atoms with Gasteiger partial charge in [0.05, 0.1) is 6.61 Å². The van der Waals surface area contributed by atoms with Gasteiger partial charge in [0.15, 0.2) is 0 Å². The highest BCUT2D eigenvalue weighted by atomic mass is 19.4. The Morgan fingerprint density at radius 2 is 2.06 bits per heavy atom. The number of carbonyl (C=O) groups excluding carboxylic acids is 1. The monoisotopic (exact) mass is 240 g/mol. The van der Waals surface area contributed by atoms with E-state index in [0.29, 0.717) is 0 Å². The summed E-state index contributed by atoms with van der Waals surface area (Å²) in [7, 11) is 0. The van der Waals surface area contributed by atoms with Crippen molar-refractivity contribution >= 4 is 5.91 Å². The molecule has 0 aliphatic heterocycles. The van der Waals surface area contributed by atoms with Gasteiger partial charge in [0.1, 0.15) is 6.61 Å². The fourth-order valence-electron chi connectivity index (χ4n) is 1.43. The third kappa shape index (κ3) is 5.32. The maximum absolute atomic E-state index is 11.7. The molecule has 16 heavy (non-hydrogen) atoms. The van der Waals surface area contributed by atoms with Gasteiger partial charge in [0, 0.05) is 18.5 Å². The summed E-state index contributed by atoms with van der Waals surface area (Å²) in [6, 6.07) is 0.205. The number of nitrogens with one attached hydrogen (secondary N) is 1. The van der Waals surface area contributed by atoms with E-state index in [1.165, 1.54) is 0 Å². The molecule has 7 heteroatoms. The van der Waals surface area contributed by atoms with Crippen LogP contribution in [0.25, 0.3) is 0 Å². The Morgan fingerprint density at radius 1 is 1.44 bits per heavy atom. The van der Waals surface area contributed by atoms with Crippen LogP contribution in [0.15, 0.2) is 0 Å². The topological polar surface area (TPSA) is 64.3 Å². The second-order valence-electron chi connectivity index (χ2n) is 3.91. The summed E-state index contributed by atoms with van der Waals surface area (Å²) in [4.78, 5) is 11.2. The average molecular weight is 240 g/mol. The lowest BCUT2D eigenvalue weighted by Crippen LogP contribution is -2.50. The van der Waals surface area contributed by atoms with Gasteiger partial charge in [-0.25, -0.2) is 0 Å². The molecule has 1 amide bonds. The molecule has 0 aromatic heterocycles. The fraction of sp³-hybridized carbons (Fsp3) is 0.889. The number of halogens is 3. The Hall–Kier alpha value is -0.820. The Kier molecular flexibility index (Phi) is 4.55. The minimum atomic E-state index is -4.34. The van der Waals surface area contributed by atoms with E-state index in [9.17, 15) is 18.0 Å². The summed E-state index contributed by atoms with van der Waals surface area (Å²) >= 11 is 0. The first kappa shape index (κ1) is 13.2. The summed E-state index contributed by atoms with van der Waals surface area (Å²) in [5.74, 6) is -0.293. The number of nitrogens with two attached hydrogens (primary N) is 1. The third-order valence-corrected chi connectivity index (χ3v) is 2.28. The summed E-state index contributed by atoms with van der Waals surface area (Å²) in [5.41, 5.74) is 5.51. The van der Waals surface area contributed by atoms with Crippen molar-refractivity contribution in [2.45, 2.75) is 37.5 Å². The minimum Gasteiger partial charge on any atom is -0.372 e. The van der Waals surface area contributed by atoms with Crippen molar-refractivity contribution in [3.8, 4) is 0 Å². The van der Waals surface area contributed by atoms with Crippen LogP contribution >= 0.6 is 0 Å². The molecule has 0 spiro atoms. The van der Waals surface area contributed by atoms with Gasteiger partial charge in [-0.1, -0.05) is 0 Å². The second-order valence-corrected chi connectivity index (χ2v) is 3.91. The van der Waals surface area contributed by atoms with Crippen LogP contribution in [-0.2, 0) is 9.53 Å². The third-order valence-electron chi connectivity index (χ3n) is 2.28. The molecular weight excluding hydrogens is 225 g/mol. The van der Waals surface area contributed by atoms with Crippen molar-refractivity contribution in [2.75, 3.05) is 13.2 Å². The Balaban J connectivity index is 1.98. The molecule has 1 fully saturated rings. The molecule has 0 aromatic carbocycles. The zero-order valence-corrected chi connectivity index (χ0v) is 8.72. The number of carbonyl (C=O) groups is 1. The molecule has 94 valence electrons. The predicted molar refractivity (Wildman–Crippen MR) is 50.6 cm³/mol. The minimum absolute atomic E-state index is 0.0538.